The molecule has 5 heteroatoms. The lowest BCUT2D eigenvalue weighted by Crippen LogP contribution is -2.13. The van der Waals surface area contributed by atoms with Gasteiger partial charge in [-0.15, -0.1) is 0 Å². The van der Waals surface area contributed by atoms with Crippen LogP contribution in [-0.2, 0) is 0 Å². The minimum absolute atomic E-state index is 0.260. The van der Waals surface area contributed by atoms with Gasteiger partial charge in [0.15, 0.2) is 0 Å². The van der Waals surface area contributed by atoms with Crippen molar-refractivity contribution in [2.45, 2.75) is 13.8 Å². The van der Waals surface area contributed by atoms with E-state index in [-0.39, 0.29) is 11.1 Å². The first kappa shape index (κ1) is 13.0. The minimum atomic E-state index is -0.309. The fourth-order valence-corrected chi connectivity index (χ4v) is 2.39. The molecule has 0 spiro atoms. The van der Waals surface area contributed by atoms with Gasteiger partial charge in [-0.25, -0.2) is 9.97 Å². The molecule has 5 nitrogen and oxygen atoms in total. The van der Waals surface area contributed by atoms with Gasteiger partial charge >= 0.3 is 0 Å². The molecule has 2 aromatic heterocycles. The summed E-state index contributed by atoms with van der Waals surface area (Å²) < 4.78 is 0. The lowest BCUT2D eigenvalue weighted by molar-refractivity contribution is 1.04. The molecule has 102 valence electrons. The Morgan fingerprint density at radius 3 is 2.52 bits per heavy atom. The van der Waals surface area contributed by atoms with Gasteiger partial charge in [-0.3, -0.25) is 4.79 Å². The Balaban J connectivity index is 2.50. The van der Waals surface area contributed by atoms with Crippen molar-refractivity contribution >= 4 is 10.9 Å². The molecule has 0 radical (unpaired) electrons. The molecular weight excluding hydrogens is 264 g/mol. The number of benzene rings is 1. The molecule has 0 aliphatic rings. The molecule has 1 N–H and O–H groups in total. The topological polar surface area (TPSA) is 82.4 Å². The molecule has 0 saturated heterocycles. The van der Waals surface area contributed by atoms with Gasteiger partial charge in [-0.1, -0.05) is 30.3 Å². The van der Waals surface area contributed by atoms with Gasteiger partial charge in [0, 0.05) is 5.56 Å². The number of rotatable bonds is 1. The van der Waals surface area contributed by atoms with Crippen LogP contribution in [0.1, 0.15) is 17.1 Å². The molecule has 0 amide bonds. The third kappa shape index (κ3) is 2.07. The van der Waals surface area contributed by atoms with Crippen LogP contribution in [-0.4, -0.2) is 15.0 Å². The number of pyridine rings is 1. The van der Waals surface area contributed by atoms with Gasteiger partial charge in [0.25, 0.3) is 5.56 Å². The maximum absolute atomic E-state index is 12.2. The monoisotopic (exact) mass is 276 g/mol. The summed E-state index contributed by atoms with van der Waals surface area (Å²) in [5.41, 5.74) is 2.38. The largest absolute Gasteiger partial charge is 0.310 e. The Labute approximate surface area is 120 Å². The predicted octanol–water partition coefficient (Wildman–Crippen LogP) is 2.47. The highest BCUT2D eigenvalue weighted by Gasteiger charge is 2.17. The van der Waals surface area contributed by atoms with Crippen molar-refractivity contribution in [3.63, 3.8) is 0 Å². The zero-order chi connectivity index (χ0) is 15.0. The highest BCUT2D eigenvalue weighted by atomic mass is 16.1. The van der Waals surface area contributed by atoms with Crippen LogP contribution in [0.3, 0.4) is 0 Å². The molecular formula is C16H12N4O. The molecule has 0 unspecified atom stereocenters. The average Bonchev–Trinajstić information content (AvgIpc) is 2.48. The van der Waals surface area contributed by atoms with Crippen LogP contribution < -0.4 is 5.56 Å². The number of aromatic amines is 1. The van der Waals surface area contributed by atoms with E-state index in [0.29, 0.717) is 28.1 Å². The van der Waals surface area contributed by atoms with Gasteiger partial charge in [0.2, 0.25) is 0 Å². The van der Waals surface area contributed by atoms with Gasteiger partial charge in [0.1, 0.15) is 17.4 Å². The molecule has 2 heterocycles. The quantitative estimate of drug-likeness (QED) is 0.740. The van der Waals surface area contributed by atoms with E-state index in [1.54, 1.807) is 13.8 Å². The molecule has 0 aliphatic carbocycles. The van der Waals surface area contributed by atoms with E-state index in [4.69, 9.17) is 0 Å². The van der Waals surface area contributed by atoms with E-state index in [2.05, 4.69) is 21.0 Å². The van der Waals surface area contributed by atoms with Crippen LogP contribution in [0.15, 0.2) is 35.1 Å². The van der Waals surface area contributed by atoms with Crippen LogP contribution in [0.5, 0.6) is 0 Å². The fraction of sp³-hybridized carbons (Fsp3) is 0.125. The van der Waals surface area contributed by atoms with Crippen molar-refractivity contribution in [1.82, 2.24) is 15.0 Å². The number of aryl methyl sites for hydroxylation is 2. The highest BCUT2D eigenvalue weighted by Crippen LogP contribution is 2.26. The molecule has 21 heavy (non-hydrogen) atoms. The van der Waals surface area contributed by atoms with Crippen LogP contribution in [0, 0.1) is 25.2 Å². The summed E-state index contributed by atoms with van der Waals surface area (Å²) >= 11 is 0. The zero-order valence-corrected chi connectivity index (χ0v) is 11.6. The number of hydrogen-bond donors (Lipinski definition) is 1. The van der Waals surface area contributed by atoms with Crippen molar-refractivity contribution in [3.05, 3.63) is 57.8 Å². The third-order valence-electron chi connectivity index (χ3n) is 3.31. The van der Waals surface area contributed by atoms with Crippen LogP contribution in [0.4, 0.5) is 0 Å². The number of fused-ring (bicyclic) bond motifs is 1. The van der Waals surface area contributed by atoms with Crippen molar-refractivity contribution in [2.75, 3.05) is 0 Å². The second-order valence-electron chi connectivity index (χ2n) is 4.77. The summed E-state index contributed by atoms with van der Waals surface area (Å²) in [7, 11) is 0. The summed E-state index contributed by atoms with van der Waals surface area (Å²) in [6.45, 7) is 3.50. The Morgan fingerprint density at radius 2 is 1.86 bits per heavy atom. The molecule has 3 rings (SSSR count). The zero-order valence-electron chi connectivity index (χ0n) is 11.6. The second-order valence-corrected chi connectivity index (χ2v) is 4.77. The van der Waals surface area contributed by atoms with E-state index >= 15 is 0 Å². The van der Waals surface area contributed by atoms with Gasteiger partial charge in [-0.05, 0) is 13.8 Å². The van der Waals surface area contributed by atoms with Crippen LogP contribution in [0.25, 0.3) is 22.2 Å². The van der Waals surface area contributed by atoms with E-state index in [9.17, 15) is 10.1 Å². The smallest absolute Gasteiger partial charge is 0.260 e. The first-order valence-corrected chi connectivity index (χ1v) is 6.48. The molecule has 3 aromatic rings. The summed E-state index contributed by atoms with van der Waals surface area (Å²) in [5, 5.41) is 9.79. The number of H-pyrrole nitrogens is 1. The number of nitriles is 1. The Morgan fingerprint density at radius 1 is 1.14 bits per heavy atom. The van der Waals surface area contributed by atoms with Crippen LogP contribution in [0.2, 0.25) is 0 Å². The summed E-state index contributed by atoms with van der Waals surface area (Å²) in [6.07, 6.45) is 0. The lowest BCUT2D eigenvalue weighted by atomic mass is 10.0. The van der Waals surface area contributed by atoms with Gasteiger partial charge in [0.05, 0.1) is 22.3 Å². The van der Waals surface area contributed by atoms with Crippen molar-refractivity contribution in [2.24, 2.45) is 0 Å². The number of aromatic nitrogens is 3. The Hall–Kier alpha value is -3.00. The predicted molar refractivity (Wildman–Crippen MR) is 79.8 cm³/mol. The molecule has 0 atom stereocenters. The number of hydrogen-bond acceptors (Lipinski definition) is 4. The first-order chi connectivity index (χ1) is 10.1. The van der Waals surface area contributed by atoms with E-state index in [0.717, 1.165) is 5.56 Å². The van der Waals surface area contributed by atoms with Gasteiger partial charge < -0.3 is 4.98 Å². The SMILES string of the molecule is Cc1nc2c(C)nc(-c3ccccc3)c(C#N)c2c(=O)[nH]1. The van der Waals surface area contributed by atoms with Crippen molar-refractivity contribution in [1.29, 1.82) is 5.26 Å². The maximum atomic E-state index is 12.2. The molecule has 0 saturated carbocycles. The Kier molecular flexibility index (Phi) is 2.99. The molecule has 0 bridgehead atoms. The third-order valence-corrected chi connectivity index (χ3v) is 3.31. The van der Waals surface area contributed by atoms with E-state index in [1.807, 2.05) is 30.3 Å². The average molecular weight is 276 g/mol. The molecule has 0 fully saturated rings. The first-order valence-electron chi connectivity index (χ1n) is 6.48. The van der Waals surface area contributed by atoms with Crippen molar-refractivity contribution < 1.29 is 0 Å². The standard InChI is InChI=1S/C16H12N4O/c1-9-14-13(16(21)20-10(2)19-14)12(8-17)15(18-9)11-6-4-3-5-7-11/h3-7H,1-2H3,(H,19,20,21). The van der Waals surface area contributed by atoms with Gasteiger partial charge in [-0.2, -0.15) is 5.26 Å². The van der Waals surface area contributed by atoms with E-state index < -0.39 is 0 Å². The normalized spacial score (nSPS) is 10.5. The minimum Gasteiger partial charge on any atom is -0.310 e. The second kappa shape index (κ2) is 4.84. The lowest BCUT2D eigenvalue weighted by Gasteiger charge is -2.09. The van der Waals surface area contributed by atoms with E-state index in [1.165, 1.54) is 0 Å². The van der Waals surface area contributed by atoms with Crippen LogP contribution >= 0.6 is 0 Å². The van der Waals surface area contributed by atoms with Crippen molar-refractivity contribution in [3.8, 4) is 17.3 Å². The summed E-state index contributed by atoms with van der Waals surface area (Å²) in [4.78, 5) is 23.7. The highest BCUT2D eigenvalue weighted by molar-refractivity contribution is 5.91. The number of nitrogens with zero attached hydrogens (tertiary/aromatic N) is 3. The number of nitrogens with one attached hydrogen (secondary N) is 1. The summed E-state index contributed by atoms with van der Waals surface area (Å²) in [6, 6.07) is 11.5. The summed E-state index contributed by atoms with van der Waals surface area (Å²) in [5.74, 6) is 0.508. The Bertz CT molecular complexity index is 936. The molecule has 0 aliphatic heterocycles. The maximum Gasteiger partial charge on any atom is 0.260 e. The fourth-order valence-electron chi connectivity index (χ4n) is 2.39. The molecule has 1 aromatic carbocycles.